The Kier molecular flexibility index (Phi) is 4.25. The summed E-state index contributed by atoms with van der Waals surface area (Å²) in [6.45, 7) is 2.55. The number of halogens is 1. The predicted octanol–water partition coefficient (Wildman–Crippen LogP) is 3.38. The maximum Gasteiger partial charge on any atom is 0.335 e. The molecule has 1 aromatic carbocycles. The molecule has 4 nitrogen and oxygen atoms in total. The van der Waals surface area contributed by atoms with E-state index < -0.39 is 5.97 Å². The summed E-state index contributed by atoms with van der Waals surface area (Å²) in [7, 11) is 1.89. The summed E-state index contributed by atoms with van der Waals surface area (Å²) in [4.78, 5) is 17.3. The van der Waals surface area contributed by atoms with Gasteiger partial charge in [0.25, 0.3) is 0 Å². The maximum atomic E-state index is 10.9. The number of carboxylic acids is 1. The SMILES string of the molecule is Cc1cccc(CN(C)c2ccc(C(=O)O)cc2Cl)n1. The van der Waals surface area contributed by atoms with Crippen molar-refractivity contribution in [3.8, 4) is 0 Å². The Morgan fingerprint density at radius 3 is 2.70 bits per heavy atom. The Labute approximate surface area is 122 Å². The van der Waals surface area contributed by atoms with Gasteiger partial charge in [-0.25, -0.2) is 4.79 Å². The van der Waals surface area contributed by atoms with Crippen LogP contribution in [0.4, 0.5) is 5.69 Å². The monoisotopic (exact) mass is 290 g/mol. The summed E-state index contributed by atoms with van der Waals surface area (Å²) in [6.07, 6.45) is 0. The minimum absolute atomic E-state index is 0.181. The molecule has 1 N–H and O–H groups in total. The average Bonchev–Trinajstić information content (AvgIpc) is 2.38. The van der Waals surface area contributed by atoms with Crippen LogP contribution >= 0.6 is 11.6 Å². The predicted molar refractivity (Wildman–Crippen MR) is 79.5 cm³/mol. The van der Waals surface area contributed by atoms with Gasteiger partial charge >= 0.3 is 5.97 Å². The lowest BCUT2D eigenvalue weighted by Gasteiger charge is -2.20. The molecule has 0 saturated carbocycles. The summed E-state index contributed by atoms with van der Waals surface area (Å²) < 4.78 is 0. The van der Waals surface area contributed by atoms with Gasteiger partial charge in [-0.3, -0.25) is 4.98 Å². The molecule has 2 aromatic rings. The van der Waals surface area contributed by atoms with E-state index >= 15 is 0 Å². The fourth-order valence-corrected chi connectivity index (χ4v) is 2.29. The van der Waals surface area contributed by atoms with E-state index in [1.807, 2.05) is 37.1 Å². The molecule has 0 unspecified atom stereocenters. The average molecular weight is 291 g/mol. The van der Waals surface area contributed by atoms with E-state index in [4.69, 9.17) is 16.7 Å². The van der Waals surface area contributed by atoms with E-state index in [9.17, 15) is 4.79 Å². The second kappa shape index (κ2) is 5.92. The van der Waals surface area contributed by atoms with Crippen LogP contribution in [0.3, 0.4) is 0 Å². The zero-order valence-electron chi connectivity index (χ0n) is 11.3. The van der Waals surface area contributed by atoms with Crippen molar-refractivity contribution in [1.29, 1.82) is 0 Å². The van der Waals surface area contributed by atoms with Crippen molar-refractivity contribution in [2.75, 3.05) is 11.9 Å². The molecule has 0 bridgehead atoms. The van der Waals surface area contributed by atoms with Crippen LogP contribution in [0.15, 0.2) is 36.4 Å². The van der Waals surface area contributed by atoms with Gasteiger partial charge in [0.1, 0.15) is 0 Å². The number of carboxylic acid groups (broad SMARTS) is 1. The number of rotatable bonds is 4. The Morgan fingerprint density at radius 1 is 1.35 bits per heavy atom. The minimum Gasteiger partial charge on any atom is -0.478 e. The van der Waals surface area contributed by atoms with Crippen molar-refractivity contribution >= 4 is 23.3 Å². The number of aromatic carboxylic acids is 1. The van der Waals surface area contributed by atoms with Gasteiger partial charge in [-0.15, -0.1) is 0 Å². The number of aryl methyl sites for hydroxylation is 1. The molecule has 0 aliphatic rings. The molecule has 1 heterocycles. The molecule has 0 fully saturated rings. The lowest BCUT2D eigenvalue weighted by molar-refractivity contribution is 0.0697. The third kappa shape index (κ3) is 3.27. The van der Waals surface area contributed by atoms with Crippen LogP contribution in [0.1, 0.15) is 21.7 Å². The molecular weight excluding hydrogens is 276 g/mol. The number of carbonyl (C=O) groups is 1. The van der Waals surface area contributed by atoms with E-state index in [2.05, 4.69) is 4.98 Å². The van der Waals surface area contributed by atoms with Gasteiger partial charge in [-0.05, 0) is 37.3 Å². The van der Waals surface area contributed by atoms with Gasteiger partial charge in [-0.2, -0.15) is 0 Å². The third-order valence-corrected chi connectivity index (χ3v) is 3.25. The van der Waals surface area contributed by atoms with Crippen molar-refractivity contribution in [1.82, 2.24) is 4.98 Å². The molecule has 104 valence electrons. The first-order chi connectivity index (χ1) is 9.47. The van der Waals surface area contributed by atoms with Crippen LogP contribution in [0.5, 0.6) is 0 Å². The number of aromatic nitrogens is 1. The number of anilines is 1. The van der Waals surface area contributed by atoms with E-state index in [1.165, 1.54) is 6.07 Å². The van der Waals surface area contributed by atoms with Gasteiger partial charge in [0.15, 0.2) is 0 Å². The number of hydrogen-bond donors (Lipinski definition) is 1. The van der Waals surface area contributed by atoms with Gasteiger partial charge in [0.2, 0.25) is 0 Å². The molecule has 20 heavy (non-hydrogen) atoms. The standard InChI is InChI=1S/C15H15ClN2O2/c1-10-4-3-5-12(17-10)9-18(2)14-7-6-11(15(19)20)8-13(14)16/h3-8H,9H2,1-2H3,(H,19,20). The molecule has 0 atom stereocenters. The second-order valence-electron chi connectivity index (χ2n) is 4.60. The number of hydrogen-bond acceptors (Lipinski definition) is 3. The molecule has 5 heteroatoms. The second-order valence-corrected chi connectivity index (χ2v) is 5.00. The lowest BCUT2D eigenvalue weighted by Crippen LogP contribution is -2.18. The Bertz CT molecular complexity index is 644. The Morgan fingerprint density at radius 2 is 2.10 bits per heavy atom. The lowest BCUT2D eigenvalue weighted by atomic mass is 10.2. The van der Waals surface area contributed by atoms with Crippen LogP contribution in [-0.2, 0) is 6.54 Å². The minimum atomic E-state index is -0.985. The molecule has 0 radical (unpaired) electrons. The zero-order valence-corrected chi connectivity index (χ0v) is 12.1. The molecule has 0 saturated heterocycles. The van der Waals surface area contributed by atoms with Gasteiger partial charge in [-0.1, -0.05) is 17.7 Å². The summed E-state index contributed by atoms with van der Waals surface area (Å²) in [5.41, 5.74) is 2.86. The summed E-state index contributed by atoms with van der Waals surface area (Å²) in [5, 5.41) is 9.34. The molecule has 0 spiro atoms. The van der Waals surface area contributed by atoms with Crippen LogP contribution in [-0.4, -0.2) is 23.1 Å². The number of pyridine rings is 1. The first-order valence-electron chi connectivity index (χ1n) is 6.14. The van der Waals surface area contributed by atoms with Crippen LogP contribution < -0.4 is 4.90 Å². The van der Waals surface area contributed by atoms with Gasteiger partial charge in [0, 0.05) is 12.7 Å². The van der Waals surface area contributed by atoms with Crippen LogP contribution in [0.25, 0.3) is 0 Å². The topological polar surface area (TPSA) is 53.4 Å². The van der Waals surface area contributed by atoms with E-state index in [-0.39, 0.29) is 5.56 Å². The van der Waals surface area contributed by atoms with E-state index in [0.717, 1.165) is 17.1 Å². The van der Waals surface area contributed by atoms with Crippen LogP contribution in [0, 0.1) is 6.92 Å². The summed E-state index contributed by atoms with van der Waals surface area (Å²) in [6, 6.07) is 10.6. The van der Waals surface area contributed by atoms with E-state index in [0.29, 0.717) is 11.6 Å². The molecular formula is C15H15ClN2O2. The quantitative estimate of drug-likeness (QED) is 0.938. The highest BCUT2D eigenvalue weighted by Crippen LogP contribution is 2.27. The Balaban J connectivity index is 2.21. The largest absolute Gasteiger partial charge is 0.478 e. The summed E-state index contributed by atoms with van der Waals surface area (Å²) in [5.74, 6) is -0.985. The normalized spacial score (nSPS) is 10.3. The van der Waals surface area contributed by atoms with Crippen molar-refractivity contribution < 1.29 is 9.90 Å². The smallest absolute Gasteiger partial charge is 0.335 e. The van der Waals surface area contributed by atoms with Gasteiger partial charge in [0.05, 0.1) is 28.5 Å². The first kappa shape index (κ1) is 14.3. The zero-order chi connectivity index (χ0) is 14.7. The van der Waals surface area contributed by atoms with Crippen molar-refractivity contribution in [3.63, 3.8) is 0 Å². The summed E-state index contributed by atoms with van der Waals surface area (Å²) >= 11 is 6.14. The first-order valence-corrected chi connectivity index (χ1v) is 6.51. The molecule has 0 amide bonds. The van der Waals surface area contributed by atoms with Crippen molar-refractivity contribution in [2.24, 2.45) is 0 Å². The highest BCUT2D eigenvalue weighted by atomic mass is 35.5. The molecule has 2 rings (SSSR count). The van der Waals surface area contributed by atoms with Crippen LogP contribution in [0.2, 0.25) is 5.02 Å². The number of nitrogens with zero attached hydrogens (tertiary/aromatic N) is 2. The fraction of sp³-hybridized carbons (Fsp3) is 0.200. The molecule has 0 aliphatic carbocycles. The highest BCUT2D eigenvalue weighted by molar-refractivity contribution is 6.33. The third-order valence-electron chi connectivity index (χ3n) is 2.95. The van der Waals surface area contributed by atoms with Crippen molar-refractivity contribution in [3.05, 3.63) is 58.4 Å². The van der Waals surface area contributed by atoms with E-state index in [1.54, 1.807) is 12.1 Å². The maximum absolute atomic E-state index is 10.9. The molecule has 0 aliphatic heterocycles. The number of benzene rings is 1. The van der Waals surface area contributed by atoms with Crippen molar-refractivity contribution in [2.45, 2.75) is 13.5 Å². The fourth-order valence-electron chi connectivity index (χ4n) is 1.97. The molecule has 1 aromatic heterocycles. The Hall–Kier alpha value is -2.07. The highest BCUT2D eigenvalue weighted by Gasteiger charge is 2.11. The van der Waals surface area contributed by atoms with Gasteiger partial charge < -0.3 is 10.0 Å².